The molecule has 0 aromatic carbocycles. The lowest BCUT2D eigenvalue weighted by Gasteiger charge is -2.36. The number of β-amino-alcohol motifs (C(OH)–C–C–N with tert-alkyl or cyclic N) is 1. The van der Waals surface area contributed by atoms with Crippen molar-refractivity contribution in [2.75, 3.05) is 19.8 Å². The Morgan fingerprint density at radius 2 is 2.45 bits per heavy atom. The normalized spacial score (nSPS) is 28.7. The summed E-state index contributed by atoms with van der Waals surface area (Å²) in [4.78, 5) is 1.85. The second-order valence-electron chi connectivity index (χ2n) is 5.04. The minimum Gasteiger partial charge on any atom is -0.623 e. The second-order valence-corrected chi connectivity index (χ2v) is 6.83. The predicted octanol–water partition coefficient (Wildman–Crippen LogP) is 1.68. The molecule has 0 radical (unpaired) electrons. The van der Waals surface area contributed by atoms with E-state index in [9.17, 15) is 10.3 Å². The molecular weight excluding hydrogens is 300 g/mol. The number of halogens is 1. The van der Waals surface area contributed by atoms with Gasteiger partial charge in [-0.25, -0.2) is 4.90 Å². The zero-order chi connectivity index (χ0) is 14.8. The van der Waals surface area contributed by atoms with Crippen LogP contribution in [0, 0.1) is 5.21 Å². The number of aryl methyl sites for hydroxylation is 1. The third-order valence-electron chi connectivity index (χ3n) is 3.24. The van der Waals surface area contributed by atoms with E-state index >= 15 is 0 Å². The van der Waals surface area contributed by atoms with Gasteiger partial charge in [0, 0.05) is 18.3 Å². The molecule has 1 fully saturated rings. The molecule has 3 unspecified atom stereocenters. The molecule has 1 N–H and O–H groups in total. The van der Waals surface area contributed by atoms with Crippen LogP contribution < -0.4 is 4.65 Å². The largest absolute Gasteiger partial charge is 0.623 e. The van der Waals surface area contributed by atoms with Gasteiger partial charge in [0.2, 0.25) is 6.23 Å². The fraction of sp³-hybridized carbons (Fsp3) is 0.667. The van der Waals surface area contributed by atoms with Gasteiger partial charge in [-0.05, 0) is 24.7 Å². The molecule has 1 aliphatic heterocycles. The summed E-state index contributed by atoms with van der Waals surface area (Å²) in [7, 11) is 0. The maximum Gasteiger partial charge on any atom is 0.309 e. The molecule has 6 nitrogen and oxygen atoms in total. The number of hydrogen-bond acceptors (Lipinski definition) is 6. The summed E-state index contributed by atoms with van der Waals surface area (Å²) in [5.74, 6) is 0. The van der Waals surface area contributed by atoms with Gasteiger partial charge in [-0.3, -0.25) is 4.65 Å². The first-order valence-electron chi connectivity index (χ1n) is 6.53. The fourth-order valence-corrected chi connectivity index (χ4v) is 3.17. The van der Waals surface area contributed by atoms with Gasteiger partial charge in [0.1, 0.15) is 11.7 Å². The van der Waals surface area contributed by atoms with Crippen molar-refractivity contribution < 1.29 is 5.11 Å². The van der Waals surface area contributed by atoms with E-state index in [1.165, 1.54) is 11.3 Å². The van der Waals surface area contributed by atoms with Crippen LogP contribution >= 0.6 is 22.9 Å². The number of aromatic nitrogens is 2. The van der Waals surface area contributed by atoms with E-state index < -0.39 is 10.9 Å². The predicted molar refractivity (Wildman–Crippen MR) is 81.3 cm³/mol. The molecule has 0 spiro atoms. The summed E-state index contributed by atoms with van der Waals surface area (Å²) in [5, 5.41) is 31.9. The third kappa shape index (κ3) is 3.36. The van der Waals surface area contributed by atoms with Gasteiger partial charge in [0.15, 0.2) is 0 Å². The van der Waals surface area contributed by atoms with Crippen LogP contribution in [0.3, 0.4) is 0 Å². The Kier molecular flexibility index (Phi) is 5.11. The van der Waals surface area contributed by atoms with Crippen LogP contribution in [0.1, 0.15) is 18.4 Å². The Balaban J connectivity index is 2.08. The third-order valence-corrected chi connectivity index (χ3v) is 4.55. The number of nitrogens with zero attached hydrogens (tertiary/aromatic N) is 4. The molecule has 3 atom stereocenters. The van der Waals surface area contributed by atoms with Crippen LogP contribution in [0.2, 0.25) is 0 Å². The minimum atomic E-state index is -1.03. The molecule has 112 valence electrons. The van der Waals surface area contributed by atoms with Crippen molar-refractivity contribution in [2.45, 2.75) is 31.4 Å². The molecule has 20 heavy (non-hydrogen) atoms. The molecule has 0 aliphatic carbocycles. The lowest BCUT2D eigenvalue weighted by Crippen LogP contribution is -2.48. The number of rotatable bonds is 6. The van der Waals surface area contributed by atoms with Gasteiger partial charge < -0.3 is 10.3 Å². The Hall–Kier alpha value is -0.570. The maximum absolute atomic E-state index is 12.8. The first-order valence-corrected chi connectivity index (χ1v) is 7.78. The number of quaternary nitrogens is 1. The van der Waals surface area contributed by atoms with Crippen molar-refractivity contribution in [1.29, 1.82) is 0 Å². The smallest absolute Gasteiger partial charge is 0.309 e. The van der Waals surface area contributed by atoms with Crippen LogP contribution in [-0.2, 0) is 6.42 Å². The van der Waals surface area contributed by atoms with E-state index in [2.05, 4.69) is 16.8 Å². The molecule has 1 aromatic rings. The highest BCUT2D eigenvalue weighted by molar-refractivity contribution is 7.15. The zero-order valence-electron chi connectivity index (χ0n) is 11.4. The monoisotopic (exact) mass is 318 g/mol. The Morgan fingerprint density at radius 3 is 3.10 bits per heavy atom. The van der Waals surface area contributed by atoms with E-state index in [0.717, 1.165) is 11.4 Å². The van der Waals surface area contributed by atoms with Gasteiger partial charge in [-0.15, -0.1) is 23.3 Å². The van der Waals surface area contributed by atoms with E-state index in [0.29, 0.717) is 24.6 Å². The molecular formula is C12H19ClN4O2S. The second kappa shape index (κ2) is 6.46. The summed E-state index contributed by atoms with van der Waals surface area (Å²) < 4.78 is -0.845. The Bertz CT molecular complexity index is 470. The first-order chi connectivity index (χ1) is 9.45. The van der Waals surface area contributed by atoms with Crippen LogP contribution in [0.5, 0.6) is 0 Å². The summed E-state index contributed by atoms with van der Waals surface area (Å²) in [5.41, 5.74) is 0. The number of hydrogen-bond donors (Lipinski definition) is 1. The topological polar surface area (TPSA) is 72.3 Å². The van der Waals surface area contributed by atoms with Crippen molar-refractivity contribution >= 4 is 28.1 Å². The summed E-state index contributed by atoms with van der Waals surface area (Å²) in [6.45, 7) is 6.64. The molecule has 2 heterocycles. The standard InChI is InChI=1S/C12H19ClN4O2S/c1-3-6-16-7-11(18)17(19,8-16)12-15-14-10(20-12)5-4-9(2)13/h3,9,11,18H,1,4-8H2,2H3. The average Bonchev–Trinajstić information content (AvgIpc) is 2.94. The van der Waals surface area contributed by atoms with Crippen LogP contribution in [0.4, 0.5) is 5.13 Å². The summed E-state index contributed by atoms with van der Waals surface area (Å²) >= 11 is 7.16. The molecule has 8 heteroatoms. The van der Waals surface area contributed by atoms with Crippen LogP contribution in [0.15, 0.2) is 12.7 Å². The molecule has 0 saturated carbocycles. The van der Waals surface area contributed by atoms with Gasteiger partial charge in [-0.2, -0.15) is 0 Å². The first kappa shape index (κ1) is 15.8. The van der Waals surface area contributed by atoms with Crippen LogP contribution in [0.25, 0.3) is 0 Å². The SMILES string of the molecule is C=CCN1CC(O)[N+]([O-])(c2nnc(CCC(C)Cl)s2)C1. The molecule has 1 aromatic heterocycles. The molecule has 1 saturated heterocycles. The van der Waals surface area contributed by atoms with E-state index in [4.69, 9.17) is 11.6 Å². The molecule has 0 amide bonds. The lowest BCUT2D eigenvalue weighted by molar-refractivity contribution is 0.0844. The van der Waals surface area contributed by atoms with Gasteiger partial charge in [0.25, 0.3) is 0 Å². The van der Waals surface area contributed by atoms with Gasteiger partial charge in [0.05, 0.1) is 6.54 Å². The van der Waals surface area contributed by atoms with Crippen molar-refractivity contribution in [1.82, 2.24) is 19.7 Å². The van der Waals surface area contributed by atoms with Crippen molar-refractivity contribution in [3.63, 3.8) is 0 Å². The lowest BCUT2D eigenvalue weighted by atomic mass is 10.2. The number of aliphatic hydroxyl groups is 1. The quantitative estimate of drug-likeness (QED) is 0.374. The van der Waals surface area contributed by atoms with Crippen molar-refractivity contribution in [2.24, 2.45) is 0 Å². The van der Waals surface area contributed by atoms with Crippen LogP contribution in [-0.4, -0.2) is 51.6 Å². The minimum absolute atomic E-state index is 0.0678. The highest BCUT2D eigenvalue weighted by atomic mass is 35.5. The van der Waals surface area contributed by atoms with Gasteiger partial charge >= 0.3 is 5.13 Å². The Morgan fingerprint density at radius 1 is 1.70 bits per heavy atom. The highest BCUT2D eigenvalue weighted by Gasteiger charge is 2.42. The number of alkyl halides is 1. The van der Waals surface area contributed by atoms with Crippen molar-refractivity contribution in [3.05, 3.63) is 22.9 Å². The van der Waals surface area contributed by atoms with E-state index in [1.807, 2.05) is 11.8 Å². The zero-order valence-corrected chi connectivity index (χ0v) is 13.0. The number of hydroxylamine groups is 2. The highest BCUT2D eigenvalue weighted by Crippen LogP contribution is 2.33. The number of aliphatic hydroxyl groups excluding tert-OH is 1. The van der Waals surface area contributed by atoms with Gasteiger partial charge in [-0.1, -0.05) is 11.2 Å². The molecule has 0 bridgehead atoms. The fourth-order valence-electron chi connectivity index (χ4n) is 2.14. The summed E-state index contributed by atoms with van der Waals surface area (Å²) in [6.07, 6.45) is 2.19. The van der Waals surface area contributed by atoms with E-state index in [1.54, 1.807) is 6.08 Å². The maximum atomic E-state index is 12.8. The molecule has 2 rings (SSSR count). The Labute approximate surface area is 127 Å². The summed E-state index contributed by atoms with van der Waals surface area (Å²) in [6, 6.07) is 0. The molecule has 1 aliphatic rings. The average molecular weight is 319 g/mol. The van der Waals surface area contributed by atoms with Crippen molar-refractivity contribution in [3.8, 4) is 0 Å². The van der Waals surface area contributed by atoms with E-state index in [-0.39, 0.29) is 12.0 Å².